The summed E-state index contributed by atoms with van der Waals surface area (Å²) in [6, 6.07) is 20.3. The van der Waals surface area contributed by atoms with Crippen molar-refractivity contribution in [2.24, 2.45) is 0 Å². The van der Waals surface area contributed by atoms with Crippen molar-refractivity contribution in [2.75, 3.05) is 19.8 Å². The first-order valence-corrected chi connectivity index (χ1v) is 9.91. The number of nitrogens with one attached hydrogen (secondary N) is 1. The molecule has 3 aromatic carbocycles. The first-order chi connectivity index (χ1) is 13.8. The minimum Gasteiger partial charge on any atom is -0.492 e. The van der Waals surface area contributed by atoms with Crippen LogP contribution in [0.5, 0.6) is 11.5 Å². The normalized spacial score (nSPS) is 13.0. The summed E-state index contributed by atoms with van der Waals surface area (Å²) in [6.45, 7) is 0.902. The fourth-order valence-electron chi connectivity index (χ4n) is 3.69. The molecule has 0 saturated carbocycles. The molecule has 3 aromatic rings. The molecule has 1 aliphatic rings. The number of carbonyl (C=O) groups is 1. The number of amides is 1. The van der Waals surface area contributed by atoms with Crippen LogP contribution in [-0.4, -0.2) is 25.7 Å². The Bertz CT molecular complexity index is 967. The van der Waals surface area contributed by atoms with Crippen LogP contribution in [0.25, 0.3) is 10.8 Å². The van der Waals surface area contributed by atoms with E-state index in [1.807, 2.05) is 42.5 Å². The molecule has 1 N–H and O–H groups in total. The van der Waals surface area contributed by atoms with Crippen LogP contribution in [-0.2, 0) is 17.6 Å². The summed E-state index contributed by atoms with van der Waals surface area (Å²) < 4.78 is 11.5. The minimum atomic E-state index is -0.129. The van der Waals surface area contributed by atoms with Crippen molar-refractivity contribution in [2.45, 2.75) is 25.7 Å². The van der Waals surface area contributed by atoms with Gasteiger partial charge in [0.15, 0.2) is 6.61 Å². The molecule has 0 aliphatic heterocycles. The van der Waals surface area contributed by atoms with Gasteiger partial charge in [-0.05, 0) is 65.8 Å². The molecule has 28 heavy (non-hydrogen) atoms. The largest absolute Gasteiger partial charge is 0.492 e. The SMILES string of the molecule is O=C(COc1cccc2c1CCCC2)NCCOc1ccc2ccccc2c1. The van der Waals surface area contributed by atoms with Crippen molar-refractivity contribution >= 4 is 16.7 Å². The second-order valence-corrected chi connectivity index (χ2v) is 7.10. The topological polar surface area (TPSA) is 47.6 Å². The molecule has 0 spiro atoms. The Morgan fingerprint density at radius 2 is 1.75 bits per heavy atom. The van der Waals surface area contributed by atoms with Crippen LogP contribution in [0, 0.1) is 0 Å². The molecule has 0 heterocycles. The van der Waals surface area contributed by atoms with Crippen molar-refractivity contribution in [1.82, 2.24) is 5.32 Å². The predicted molar refractivity (Wildman–Crippen MR) is 111 cm³/mol. The van der Waals surface area contributed by atoms with Gasteiger partial charge in [0.2, 0.25) is 0 Å². The molecule has 0 fully saturated rings. The van der Waals surface area contributed by atoms with Crippen molar-refractivity contribution in [3.8, 4) is 11.5 Å². The van der Waals surface area contributed by atoms with Gasteiger partial charge < -0.3 is 14.8 Å². The maximum Gasteiger partial charge on any atom is 0.258 e. The van der Waals surface area contributed by atoms with Crippen LogP contribution >= 0.6 is 0 Å². The standard InChI is InChI=1S/C24H25NO3/c26-24(17-28-23-11-5-9-19-7-3-4-10-22(19)23)25-14-15-27-21-13-12-18-6-1-2-8-20(18)16-21/h1-2,5-6,8-9,11-13,16H,3-4,7,10,14-15,17H2,(H,25,26). The van der Waals surface area contributed by atoms with E-state index in [0.29, 0.717) is 13.2 Å². The van der Waals surface area contributed by atoms with E-state index in [0.717, 1.165) is 29.7 Å². The average Bonchev–Trinajstić information content (AvgIpc) is 2.75. The Morgan fingerprint density at radius 1 is 0.893 bits per heavy atom. The third-order valence-corrected chi connectivity index (χ3v) is 5.13. The molecule has 1 aliphatic carbocycles. The van der Waals surface area contributed by atoms with Gasteiger partial charge in [0.05, 0.1) is 6.54 Å². The van der Waals surface area contributed by atoms with Gasteiger partial charge in [-0.1, -0.05) is 42.5 Å². The summed E-state index contributed by atoms with van der Waals surface area (Å²) in [7, 11) is 0. The Morgan fingerprint density at radius 3 is 2.68 bits per heavy atom. The molecular formula is C24H25NO3. The summed E-state index contributed by atoms with van der Waals surface area (Å²) in [4.78, 5) is 12.1. The summed E-state index contributed by atoms with van der Waals surface area (Å²) >= 11 is 0. The zero-order valence-corrected chi connectivity index (χ0v) is 15.9. The molecule has 0 bridgehead atoms. The Kier molecular flexibility index (Phi) is 5.76. The van der Waals surface area contributed by atoms with Gasteiger partial charge >= 0.3 is 0 Å². The van der Waals surface area contributed by atoms with Crippen LogP contribution < -0.4 is 14.8 Å². The number of rotatable bonds is 7. The third kappa shape index (κ3) is 4.45. The highest BCUT2D eigenvalue weighted by atomic mass is 16.5. The van der Waals surface area contributed by atoms with E-state index in [2.05, 4.69) is 23.5 Å². The zero-order valence-electron chi connectivity index (χ0n) is 15.9. The maximum atomic E-state index is 12.1. The van der Waals surface area contributed by atoms with E-state index in [-0.39, 0.29) is 12.5 Å². The van der Waals surface area contributed by atoms with Crippen molar-refractivity contribution in [3.05, 3.63) is 71.8 Å². The highest BCUT2D eigenvalue weighted by Gasteiger charge is 2.14. The van der Waals surface area contributed by atoms with Gasteiger partial charge in [-0.15, -0.1) is 0 Å². The Labute approximate surface area is 165 Å². The second-order valence-electron chi connectivity index (χ2n) is 7.10. The number of fused-ring (bicyclic) bond motifs is 2. The first kappa shape index (κ1) is 18.4. The Balaban J connectivity index is 1.22. The van der Waals surface area contributed by atoms with Crippen LogP contribution in [0.2, 0.25) is 0 Å². The molecule has 1 amide bonds. The molecule has 4 rings (SSSR count). The molecule has 0 radical (unpaired) electrons. The highest BCUT2D eigenvalue weighted by molar-refractivity contribution is 5.83. The molecular weight excluding hydrogens is 350 g/mol. The van der Waals surface area contributed by atoms with Crippen LogP contribution in [0.4, 0.5) is 0 Å². The first-order valence-electron chi connectivity index (χ1n) is 9.91. The molecule has 4 nitrogen and oxygen atoms in total. The Hall–Kier alpha value is -3.01. The highest BCUT2D eigenvalue weighted by Crippen LogP contribution is 2.29. The molecule has 4 heteroatoms. The van der Waals surface area contributed by atoms with Gasteiger partial charge in [0, 0.05) is 0 Å². The zero-order chi connectivity index (χ0) is 19.2. The van der Waals surface area contributed by atoms with Crippen LogP contribution in [0.15, 0.2) is 60.7 Å². The number of aryl methyl sites for hydroxylation is 1. The third-order valence-electron chi connectivity index (χ3n) is 5.13. The van der Waals surface area contributed by atoms with E-state index >= 15 is 0 Å². The van der Waals surface area contributed by atoms with Crippen LogP contribution in [0.1, 0.15) is 24.0 Å². The lowest BCUT2D eigenvalue weighted by molar-refractivity contribution is -0.123. The summed E-state index contributed by atoms with van der Waals surface area (Å²) in [5, 5.41) is 5.18. The number of hydrogen-bond acceptors (Lipinski definition) is 3. The fraction of sp³-hybridized carbons (Fsp3) is 0.292. The van der Waals surface area contributed by atoms with Gasteiger partial charge in [-0.25, -0.2) is 0 Å². The monoisotopic (exact) mass is 375 g/mol. The second kappa shape index (κ2) is 8.79. The molecule has 144 valence electrons. The van der Waals surface area contributed by atoms with E-state index in [9.17, 15) is 4.79 Å². The number of hydrogen-bond donors (Lipinski definition) is 1. The van der Waals surface area contributed by atoms with Crippen molar-refractivity contribution in [1.29, 1.82) is 0 Å². The summed E-state index contributed by atoms with van der Waals surface area (Å²) in [5.41, 5.74) is 2.62. The number of benzene rings is 3. The molecule has 0 aromatic heterocycles. The minimum absolute atomic E-state index is 0.0342. The summed E-state index contributed by atoms with van der Waals surface area (Å²) in [5.74, 6) is 1.52. The van der Waals surface area contributed by atoms with Crippen molar-refractivity contribution in [3.63, 3.8) is 0 Å². The van der Waals surface area contributed by atoms with Gasteiger partial charge in [0.1, 0.15) is 18.1 Å². The van der Waals surface area contributed by atoms with E-state index in [1.165, 1.54) is 29.4 Å². The lowest BCUT2D eigenvalue weighted by atomic mass is 9.91. The number of ether oxygens (including phenoxy) is 2. The lowest BCUT2D eigenvalue weighted by Crippen LogP contribution is -2.32. The summed E-state index contributed by atoms with van der Waals surface area (Å²) in [6.07, 6.45) is 4.55. The fourth-order valence-corrected chi connectivity index (χ4v) is 3.69. The predicted octanol–water partition coefficient (Wildman–Crippen LogP) is 4.29. The lowest BCUT2D eigenvalue weighted by Gasteiger charge is -2.19. The van der Waals surface area contributed by atoms with Gasteiger partial charge in [-0.2, -0.15) is 0 Å². The smallest absolute Gasteiger partial charge is 0.258 e. The maximum absolute atomic E-state index is 12.1. The number of carbonyl (C=O) groups excluding carboxylic acids is 1. The average molecular weight is 375 g/mol. The van der Waals surface area contributed by atoms with Crippen LogP contribution in [0.3, 0.4) is 0 Å². The van der Waals surface area contributed by atoms with Gasteiger partial charge in [0.25, 0.3) is 5.91 Å². The van der Waals surface area contributed by atoms with E-state index in [4.69, 9.17) is 9.47 Å². The molecule has 0 atom stereocenters. The van der Waals surface area contributed by atoms with Crippen molar-refractivity contribution < 1.29 is 14.3 Å². The van der Waals surface area contributed by atoms with Gasteiger partial charge in [-0.3, -0.25) is 4.79 Å². The quantitative estimate of drug-likeness (QED) is 0.627. The molecule has 0 saturated heterocycles. The van der Waals surface area contributed by atoms with E-state index in [1.54, 1.807) is 0 Å². The molecule has 0 unspecified atom stereocenters. The van der Waals surface area contributed by atoms with E-state index < -0.39 is 0 Å².